The highest BCUT2D eigenvalue weighted by molar-refractivity contribution is 7.98. The number of rotatable bonds is 8. The minimum Gasteiger partial charge on any atom is -0.348 e. The van der Waals surface area contributed by atoms with Crippen LogP contribution in [0, 0.1) is 0 Å². The van der Waals surface area contributed by atoms with Crippen LogP contribution < -0.4 is 9.62 Å². The molecule has 3 rings (SSSR count). The molecule has 0 aromatic heterocycles. The molecule has 0 spiro atoms. The van der Waals surface area contributed by atoms with Gasteiger partial charge in [0.1, 0.15) is 0 Å². The largest absolute Gasteiger partial charge is 0.348 e. The molecule has 0 heterocycles. The molecule has 1 N–H and O–H groups in total. The first-order valence-corrected chi connectivity index (χ1v) is 13.1. The highest BCUT2D eigenvalue weighted by Gasteiger charge is 2.18. The van der Waals surface area contributed by atoms with E-state index < -0.39 is 10.0 Å². The first-order valence-electron chi connectivity index (χ1n) is 10.0. The topological polar surface area (TPSA) is 66.5 Å². The van der Waals surface area contributed by atoms with E-state index >= 15 is 0 Å². The van der Waals surface area contributed by atoms with Crippen LogP contribution in [0.25, 0.3) is 0 Å². The lowest BCUT2D eigenvalue weighted by atomic mass is 9.99. The molecule has 0 fully saturated rings. The van der Waals surface area contributed by atoms with Crippen LogP contribution in [0.4, 0.5) is 5.69 Å². The van der Waals surface area contributed by atoms with Gasteiger partial charge in [0, 0.05) is 17.0 Å². The predicted molar refractivity (Wildman–Crippen MR) is 125 cm³/mol. The molecule has 0 saturated heterocycles. The Bertz CT molecular complexity index is 1010. The molecule has 7 heteroatoms. The van der Waals surface area contributed by atoms with Gasteiger partial charge in [-0.15, -0.1) is 11.8 Å². The van der Waals surface area contributed by atoms with Crippen LogP contribution in [0.1, 0.15) is 41.6 Å². The number of nitrogens with zero attached hydrogens (tertiary/aromatic N) is 1. The van der Waals surface area contributed by atoms with E-state index in [0.717, 1.165) is 23.3 Å². The quantitative estimate of drug-likeness (QED) is 0.477. The van der Waals surface area contributed by atoms with Crippen molar-refractivity contribution in [1.29, 1.82) is 0 Å². The lowest BCUT2D eigenvalue weighted by Crippen LogP contribution is -2.29. The van der Waals surface area contributed by atoms with E-state index in [0.29, 0.717) is 17.8 Å². The number of anilines is 1. The molecule has 0 aliphatic heterocycles. The van der Waals surface area contributed by atoms with Crippen LogP contribution in [0.5, 0.6) is 0 Å². The summed E-state index contributed by atoms with van der Waals surface area (Å²) in [7, 11) is -3.45. The van der Waals surface area contributed by atoms with E-state index in [1.165, 1.54) is 29.0 Å². The number of nitrogens with one attached hydrogen (secondary N) is 1. The second-order valence-corrected chi connectivity index (χ2v) is 10.2. The summed E-state index contributed by atoms with van der Waals surface area (Å²) in [6.07, 6.45) is 9.95. The maximum absolute atomic E-state index is 12.4. The van der Waals surface area contributed by atoms with Gasteiger partial charge < -0.3 is 5.32 Å². The molecule has 1 aliphatic rings. The molecular weight excluding hydrogens is 416 g/mol. The van der Waals surface area contributed by atoms with Crippen molar-refractivity contribution in [2.75, 3.05) is 23.4 Å². The SMILES string of the molecule is CSc1cccc(N(Cc2ccc(C(=O)NCC3=CCCCC3)cc2)S(C)(=O)=O)c1. The van der Waals surface area contributed by atoms with Gasteiger partial charge in [0.05, 0.1) is 18.5 Å². The van der Waals surface area contributed by atoms with E-state index in [4.69, 9.17) is 0 Å². The average Bonchev–Trinajstić information content (AvgIpc) is 2.76. The third-order valence-electron chi connectivity index (χ3n) is 5.14. The van der Waals surface area contributed by atoms with Gasteiger partial charge in [-0.3, -0.25) is 9.10 Å². The molecule has 160 valence electrons. The Labute approximate surface area is 183 Å². The highest BCUT2D eigenvalue weighted by Crippen LogP contribution is 2.25. The van der Waals surface area contributed by atoms with Crippen molar-refractivity contribution in [3.05, 3.63) is 71.3 Å². The van der Waals surface area contributed by atoms with Crippen LogP contribution in [-0.4, -0.2) is 33.4 Å². The number of allylic oxidation sites excluding steroid dienone is 1. The predicted octanol–water partition coefficient (Wildman–Crippen LogP) is 4.60. The summed E-state index contributed by atoms with van der Waals surface area (Å²) in [5.41, 5.74) is 3.32. The van der Waals surface area contributed by atoms with Gasteiger partial charge in [-0.1, -0.05) is 29.8 Å². The standard InChI is InChI=1S/C23H28N2O3S2/c1-29-22-10-6-9-21(15-22)25(30(2,27)28)17-19-11-13-20(14-12-19)23(26)24-16-18-7-4-3-5-8-18/h6-7,9-15H,3-5,8,16-17H2,1-2H3,(H,24,26). The number of sulfonamides is 1. The second kappa shape index (κ2) is 10.2. The van der Waals surface area contributed by atoms with Gasteiger partial charge in [0.2, 0.25) is 10.0 Å². The van der Waals surface area contributed by atoms with Crippen molar-refractivity contribution < 1.29 is 13.2 Å². The Morgan fingerprint density at radius 3 is 2.53 bits per heavy atom. The molecule has 0 radical (unpaired) electrons. The van der Waals surface area contributed by atoms with E-state index in [1.54, 1.807) is 30.0 Å². The zero-order chi connectivity index (χ0) is 21.6. The minimum absolute atomic E-state index is 0.110. The van der Waals surface area contributed by atoms with Crippen molar-refractivity contribution in [1.82, 2.24) is 5.32 Å². The maximum Gasteiger partial charge on any atom is 0.251 e. The first-order chi connectivity index (χ1) is 14.4. The number of carbonyl (C=O) groups is 1. The van der Waals surface area contributed by atoms with Gasteiger partial charge in [0.25, 0.3) is 5.91 Å². The molecule has 0 bridgehead atoms. The third-order valence-corrected chi connectivity index (χ3v) is 7.01. The second-order valence-electron chi connectivity index (χ2n) is 7.46. The number of hydrogen-bond donors (Lipinski definition) is 1. The molecule has 2 aromatic rings. The molecule has 1 amide bonds. The van der Waals surface area contributed by atoms with Gasteiger partial charge in [-0.05, 0) is 67.8 Å². The van der Waals surface area contributed by atoms with Crippen molar-refractivity contribution in [3.63, 3.8) is 0 Å². The Morgan fingerprint density at radius 1 is 1.13 bits per heavy atom. The van der Waals surface area contributed by atoms with Crippen LogP contribution in [0.3, 0.4) is 0 Å². The fourth-order valence-corrected chi connectivity index (χ4v) is 4.79. The normalized spacial score (nSPS) is 14.1. The summed E-state index contributed by atoms with van der Waals surface area (Å²) in [4.78, 5) is 13.4. The lowest BCUT2D eigenvalue weighted by Gasteiger charge is -2.23. The number of thioether (sulfide) groups is 1. The number of amides is 1. The third kappa shape index (κ3) is 6.12. The van der Waals surface area contributed by atoms with Gasteiger partial charge in [-0.2, -0.15) is 0 Å². The monoisotopic (exact) mass is 444 g/mol. The van der Waals surface area contributed by atoms with E-state index in [9.17, 15) is 13.2 Å². The minimum atomic E-state index is -3.45. The number of carbonyl (C=O) groups excluding carboxylic acids is 1. The zero-order valence-corrected chi connectivity index (χ0v) is 19.1. The van der Waals surface area contributed by atoms with Gasteiger partial charge in [-0.25, -0.2) is 8.42 Å². The molecule has 0 saturated carbocycles. The summed E-state index contributed by atoms with van der Waals surface area (Å²) in [5, 5.41) is 2.98. The summed E-state index contributed by atoms with van der Waals surface area (Å²) < 4.78 is 26.2. The fraction of sp³-hybridized carbons (Fsp3) is 0.348. The van der Waals surface area contributed by atoms with E-state index in [2.05, 4.69) is 11.4 Å². The van der Waals surface area contributed by atoms with Crippen LogP contribution >= 0.6 is 11.8 Å². The first kappa shape index (κ1) is 22.4. The Kier molecular flexibility index (Phi) is 7.61. The molecule has 30 heavy (non-hydrogen) atoms. The summed E-state index contributed by atoms with van der Waals surface area (Å²) in [6, 6.07) is 14.6. The van der Waals surface area contributed by atoms with Gasteiger partial charge >= 0.3 is 0 Å². The molecule has 0 unspecified atom stereocenters. The summed E-state index contributed by atoms with van der Waals surface area (Å²) in [6.45, 7) is 0.805. The van der Waals surface area contributed by atoms with E-state index in [1.807, 2.05) is 36.6 Å². The van der Waals surface area contributed by atoms with E-state index in [-0.39, 0.29) is 12.5 Å². The molecule has 1 aliphatic carbocycles. The average molecular weight is 445 g/mol. The lowest BCUT2D eigenvalue weighted by molar-refractivity contribution is 0.0956. The smallest absolute Gasteiger partial charge is 0.251 e. The van der Waals surface area contributed by atoms with Crippen LogP contribution in [0.2, 0.25) is 0 Å². The molecule has 0 atom stereocenters. The maximum atomic E-state index is 12.4. The van der Waals surface area contributed by atoms with Crippen LogP contribution in [0.15, 0.2) is 65.1 Å². The number of benzene rings is 2. The highest BCUT2D eigenvalue weighted by atomic mass is 32.2. The fourth-order valence-electron chi connectivity index (χ4n) is 3.45. The molecule has 5 nitrogen and oxygen atoms in total. The van der Waals surface area contributed by atoms with Crippen molar-refractivity contribution in [3.8, 4) is 0 Å². The molecule has 2 aromatic carbocycles. The number of hydrogen-bond acceptors (Lipinski definition) is 4. The van der Waals surface area contributed by atoms with Gasteiger partial charge in [0.15, 0.2) is 0 Å². The summed E-state index contributed by atoms with van der Waals surface area (Å²) in [5.74, 6) is -0.110. The summed E-state index contributed by atoms with van der Waals surface area (Å²) >= 11 is 1.57. The van der Waals surface area contributed by atoms with Crippen LogP contribution in [-0.2, 0) is 16.6 Å². The van der Waals surface area contributed by atoms with Crippen molar-refractivity contribution >= 4 is 33.4 Å². The Balaban J connectivity index is 1.69. The zero-order valence-electron chi connectivity index (χ0n) is 17.4. The van der Waals surface area contributed by atoms with Crippen molar-refractivity contribution in [2.45, 2.75) is 37.1 Å². The Hall–Kier alpha value is -2.25. The Morgan fingerprint density at radius 2 is 1.90 bits per heavy atom. The molecular formula is C23H28N2O3S2. The van der Waals surface area contributed by atoms with Crippen molar-refractivity contribution in [2.24, 2.45) is 0 Å².